The van der Waals surface area contributed by atoms with Gasteiger partial charge in [0.15, 0.2) is 0 Å². The molecule has 0 bridgehead atoms. The molecule has 6 heteroatoms. The van der Waals surface area contributed by atoms with Crippen LogP contribution in [0.3, 0.4) is 0 Å². The first-order chi connectivity index (χ1) is 6.20. The zero-order valence-electron chi connectivity index (χ0n) is 7.76. The number of hydrogen-bond donors (Lipinski definition) is 2. The van der Waals surface area contributed by atoms with E-state index in [2.05, 4.69) is 10.0 Å². The number of ether oxygens (including phenoxy) is 1. The van der Waals surface area contributed by atoms with Crippen LogP contribution in [0.4, 0.5) is 0 Å². The largest absolute Gasteiger partial charge is 0.395 e. The predicted molar refractivity (Wildman–Crippen MR) is 49.1 cm³/mol. The first kappa shape index (κ1) is 12.2. The van der Waals surface area contributed by atoms with Crippen molar-refractivity contribution in [2.45, 2.75) is 25.4 Å². The van der Waals surface area contributed by atoms with Crippen LogP contribution in [0, 0.1) is 0 Å². The average molecular weight is 188 g/mol. The van der Waals surface area contributed by atoms with Gasteiger partial charge in [-0.15, -0.1) is 0 Å². The minimum Gasteiger partial charge on any atom is -0.395 e. The van der Waals surface area contributed by atoms with E-state index in [9.17, 15) is 0 Å². The number of hydrogen-bond acceptors (Lipinski definition) is 4. The molecular formula is C7H16N4O2. The third-order valence-corrected chi connectivity index (χ3v) is 1.50. The van der Waals surface area contributed by atoms with Crippen LogP contribution in [0.25, 0.3) is 10.4 Å². The number of nitrogens with zero attached hydrogens (tertiary/aromatic N) is 3. The highest BCUT2D eigenvalue weighted by Crippen LogP contribution is 1.97. The lowest BCUT2D eigenvalue weighted by Crippen LogP contribution is -2.30. The van der Waals surface area contributed by atoms with Crippen molar-refractivity contribution in [3.63, 3.8) is 0 Å². The Morgan fingerprint density at radius 1 is 1.69 bits per heavy atom. The number of nitrogens with two attached hydrogens (primary N) is 1. The lowest BCUT2D eigenvalue weighted by Gasteiger charge is -2.09. The molecule has 0 radical (unpaired) electrons. The molecular weight excluding hydrogens is 172 g/mol. The van der Waals surface area contributed by atoms with Crippen LogP contribution >= 0.6 is 0 Å². The van der Waals surface area contributed by atoms with Gasteiger partial charge < -0.3 is 15.6 Å². The van der Waals surface area contributed by atoms with E-state index < -0.39 is 0 Å². The van der Waals surface area contributed by atoms with Crippen LogP contribution in [0.15, 0.2) is 5.11 Å². The highest BCUT2D eigenvalue weighted by molar-refractivity contribution is 4.61. The number of aliphatic hydroxyl groups excluding tert-OH is 1. The van der Waals surface area contributed by atoms with Gasteiger partial charge in [0.25, 0.3) is 0 Å². The maximum absolute atomic E-state index is 8.56. The second-order valence-corrected chi connectivity index (χ2v) is 2.86. The van der Waals surface area contributed by atoms with Gasteiger partial charge in [-0.1, -0.05) is 12.0 Å². The maximum Gasteiger partial charge on any atom is 0.0639 e. The molecule has 0 aliphatic rings. The van der Waals surface area contributed by atoms with Crippen LogP contribution in [-0.2, 0) is 4.74 Å². The Bertz CT molecular complexity index is 170. The quantitative estimate of drug-likeness (QED) is 0.261. The van der Waals surface area contributed by atoms with E-state index in [4.69, 9.17) is 21.1 Å². The highest BCUT2D eigenvalue weighted by Gasteiger charge is 2.01. The van der Waals surface area contributed by atoms with E-state index in [-0.39, 0.29) is 18.7 Å². The van der Waals surface area contributed by atoms with E-state index in [0.717, 1.165) is 0 Å². The first-order valence-corrected chi connectivity index (χ1v) is 4.19. The molecule has 0 aliphatic heterocycles. The van der Waals surface area contributed by atoms with Gasteiger partial charge in [-0.3, -0.25) is 0 Å². The average Bonchev–Trinajstić information content (AvgIpc) is 2.12. The third kappa shape index (κ3) is 7.55. The Kier molecular flexibility index (Phi) is 7.33. The highest BCUT2D eigenvalue weighted by atomic mass is 16.5. The molecule has 3 N–H and O–H groups in total. The molecule has 0 amide bonds. The van der Waals surface area contributed by atoms with Crippen molar-refractivity contribution in [3.8, 4) is 0 Å². The van der Waals surface area contributed by atoms with Gasteiger partial charge in [0.05, 0.1) is 19.3 Å². The van der Waals surface area contributed by atoms with E-state index >= 15 is 0 Å². The summed E-state index contributed by atoms with van der Waals surface area (Å²) in [5.41, 5.74) is 13.5. The fourth-order valence-corrected chi connectivity index (χ4v) is 0.687. The van der Waals surface area contributed by atoms with Gasteiger partial charge in [-0.05, 0) is 12.0 Å². The number of azide groups is 1. The summed E-state index contributed by atoms with van der Waals surface area (Å²) in [5.74, 6) is 0. The summed E-state index contributed by atoms with van der Waals surface area (Å²) in [7, 11) is 0. The van der Waals surface area contributed by atoms with Gasteiger partial charge in [0.1, 0.15) is 0 Å². The van der Waals surface area contributed by atoms with Crippen LogP contribution in [-0.4, -0.2) is 37.0 Å². The summed E-state index contributed by atoms with van der Waals surface area (Å²) >= 11 is 0. The summed E-state index contributed by atoms with van der Waals surface area (Å²) < 4.78 is 5.13. The van der Waals surface area contributed by atoms with Crippen LogP contribution in [0.2, 0.25) is 0 Å². The molecule has 0 aliphatic carbocycles. The summed E-state index contributed by atoms with van der Waals surface area (Å²) in [6.07, 6.45) is 0.669. The lowest BCUT2D eigenvalue weighted by molar-refractivity contribution is 0.0969. The van der Waals surface area contributed by atoms with Crippen molar-refractivity contribution >= 4 is 0 Å². The molecule has 0 aromatic rings. The van der Waals surface area contributed by atoms with E-state index in [1.54, 1.807) is 0 Å². The van der Waals surface area contributed by atoms with E-state index in [1.165, 1.54) is 0 Å². The fraction of sp³-hybridized carbons (Fsp3) is 1.00. The minimum absolute atomic E-state index is 0.0599. The van der Waals surface area contributed by atoms with Crippen molar-refractivity contribution in [3.05, 3.63) is 10.4 Å². The molecule has 6 nitrogen and oxygen atoms in total. The van der Waals surface area contributed by atoms with Crippen molar-refractivity contribution in [2.24, 2.45) is 10.8 Å². The zero-order chi connectivity index (χ0) is 10.1. The minimum atomic E-state index is -0.324. The molecule has 0 saturated carbocycles. The molecule has 0 saturated heterocycles. The summed E-state index contributed by atoms with van der Waals surface area (Å²) in [5, 5.41) is 12.0. The van der Waals surface area contributed by atoms with Gasteiger partial charge in [0, 0.05) is 17.6 Å². The molecule has 0 heterocycles. The van der Waals surface area contributed by atoms with Gasteiger partial charge in [0.2, 0.25) is 0 Å². The summed E-state index contributed by atoms with van der Waals surface area (Å²) in [4.78, 5) is 2.67. The molecule has 2 atom stereocenters. The topological polar surface area (TPSA) is 104 Å². The Balaban J connectivity index is 3.30. The summed E-state index contributed by atoms with van der Waals surface area (Å²) in [6.45, 7) is 2.56. The predicted octanol–water partition coefficient (Wildman–Crippen LogP) is 0.411. The standard InChI is InChI=1S/C7H16N4O2/c1-6(10-11-9)2-3-13-5-7(8)4-12/h6-7,12H,2-5,8H2,1H3/t6-,7+/m1/s1. The smallest absolute Gasteiger partial charge is 0.0639 e. The van der Waals surface area contributed by atoms with Crippen LogP contribution in [0.5, 0.6) is 0 Å². The second kappa shape index (κ2) is 7.82. The Morgan fingerprint density at radius 2 is 2.38 bits per heavy atom. The Morgan fingerprint density at radius 3 is 2.92 bits per heavy atom. The van der Waals surface area contributed by atoms with Gasteiger partial charge in [-0.2, -0.15) is 0 Å². The summed E-state index contributed by atoms with van der Waals surface area (Å²) in [6, 6.07) is -0.384. The Hall–Kier alpha value is -0.810. The zero-order valence-corrected chi connectivity index (χ0v) is 7.76. The molecule has 13 heavy (non-hydrogen) atoms. The lowest BCUT2D eigenvalue weighted by atomic mass is 10.3. The number of rotatable bonds is 7. The SMILES string of the molecule is C[C@H](CCOC[C@@H](N)CO)N=[N+]=[N-]. The molecule has 0 aromatic carbocycles. The van der Waals surface area contributed by atoms with Gasteiger partial charge >= 0.3 is 0 Å². The fourth-order valence-electron chi connectivity index (χ4n) is 0.687. The van der Waals surface area contributed by atoms with E-state index in [1.807, 2.05) is 6.92 Å². The first-order valence-electron chi connectivity index (χ1n) is 4.19. The molecule has 76 valence electrons. The molecule has 0 unspecified atom stereocenters. The van der Waals surface area contributed by atoms with Crippen molar-refractivity contribution in [1.82, 2.24) is 0 Å². The molecule has 0 fully saturated rings. The monoisotopic (exact) mass is 188 g/mol. The number of aliphatic hydroxyl groups is 1. The van der Waals surface area contributed by atoms with Crippen molar-refractivity contribution in [1.29, 1.82) is 0 Å². The normalized spacial score (nSPS) is 14.7. The third-order valence-electron chi connectivity index (χ3n) is 1.50. The van der Waals surface area contributed by atoms with Crippen LogP contribution in [0.1, 0.15) is 13.3 Å². The van der Waals surface area contributed by atoms with E-state index in [0.29, 0.717) is 19.6 Å². The molecule has 0 aromatic heterocycles. The molecule has 0 spiro atoms. The second-order valence-electron chi connectivity index (χ2n) is 2.86. The maximum atomic E-state index is 8.56. The van der Waals surface area contributed by atoms with Gasteiger partial charge in [-0.25, -0.2) is 0 Å². The van der Waals surface area contributed by atoms with Crippen molar-refractivity contribution in [2.75, 3.05) is 19.8 Å². The Labute approximate surface area is 77.3 Å². The molecule has 0 rings (SSSR count). The van der Waals surface area contributed by atoms with Crippen molar-refractivity contribution < 1.29 is 9.84 Å². The van der Waals surface area contributed by atoms with Crippen LogP contribution < -0.4 is 5.73 Å².